The van der Waals surface area contributed by atoms with Crippen LogP contribution in [0.1, 0.15) is 67.0 Å². The summed E-state index contributed by atoms with van der Waals surface area (Å²) in [6.45, 7) is 7.13. The van der Waals surface area contributed by atoms with Crippen molar-refractivity contribution in [3.63, 3.8) is 0 Å². The molecule has 2 atom stereocenters. The molecule has 1 N–H and O–H groups in total. The predicted octanol–water partition coefficient (Wildman–Crippen LogP) is 5.70. The van der Waals surface area contributed by atoms with Crippen molar-refractivity contribution < 1.29 is 18.0 Å². The van der Waals surface area contributed by atoms with Crippen LogP contribution in [-0.4, -0.2) is 19.0 Å². The maximum absolute atomic E-state index is 13.3. The van der Waals surface area contributed by atoms with E-state index in [1.807, 2.05) is 13.0 Å². The number of rotatable bonds is 4. The monoisotopic (exact) mass is 430 g/mol. The number of anilines is 1. The summed E-state index contributed by atoms with van der Waals surface area (Å²) in [5.74, 6) is 0.0635. The van der Waals surface area contributed by atoms with E-state index in [1.54, 1.807) is 6.92 Å². The second kappa shape index (κ2) is 7.88. The van der Waals surface area contributed by atoms with E-state index >= 15 is 0 Å². The Morgan fingerprint density at radius 2 is 2.00 bits per heavy atom. The third kappa shape index (κ3) is 4.30. The van der Waals surface area contributed by atoms with Crippen molar-refractivity contribution in [2.75, 3.05) is 18.0 Å². The molecular weight excluding hydrogens is 401 g/mol. The molecule has 3 nitrogen and oxygen atoms in total. The van der Waals surface area contributed by atoms with Crippen molar-refractivity contribution >= 4 is 11.6 Å². The number of hydrogen-bond donors (Lipinski definition) is 1. The maximum atomic E-state index is 13.3. The molecule has 0 saturated carbocycles. The summed E-state index contributed by atoms with van der Waals surface area (Å²) in [7, 11) is 0. The van der Waals surface area contributed by atoms with Crippen LogP contribution in [0.5, 0.6) is 0 Å². The number of fused-ring (bicyclic) bond motifs is 1. The molecule has 6 heteroatoms. The molecule has 2 aromatic rings. The Balaban J connectivity index is 1.54. The fraction of sp³-hybridized carbons (Fsp3) is 0.480. The van der Waals surface area contributed by atoms with Gasteiger partial charge in [0.05, 0.1) is 11.6 Å². The van der Waals surface area contributed by atoms with Gasteiger partial charge in [-0.2, -0.15) is 13.2 Å². The molecule has 1 saturated heterocycles. The van der Waals surface area contributed by atoms with E-state index < -0.39 is 11.7 Å². The number of nitrogens with zero attached hydrogens (tertiary/aromatic N) is 1. The molecule has 1 amide bonds. The highest BCUT2D eigenvalue weighted by atomic mass is 19.4. The number of hydrogen-bond acceptors (Lipinski definition) is 2. The Kier molecular flexibility index (Phi) is 5.52. The van der Waals surface area contributed by atoms with E-state index in [9.17, 15) is 18.0 Å². The normalized spacial score (nSPS) is 23.2. The zero-order valence-corrected chi connectivity index (χ0v) is 18.3. The highest BCUT2D eigenvalue weighted by Gasteiger charge is 2.38. The van der Waals surface area contributed by atoms with Gasteiger partial charge in [-0.1, -0.05) is 31.5 Å². The second-order valence-corrected chi connectivity index (χ2v) is 9.21. The van der Waals surface area contributed by atoms with E-state index in [-0.39, 0.29) is 17.4 Å². The number of carbonyl (C=O) groups excluding carboxylic acids is 1. The second-order valence-electron chi connectivity index (χ2n) is 9.21. The molecule has 0 bridgehead atoms. The lowest BCUT2D eigenvalue weighted by Crippen LogP contribution is -2.29. The van der Waals surface area contributed by atoms with Crippen molar-refractivity contribution in [3.05, 3.63) is 64.2 Å². The Morgan fingerprint density at radius 1 is 1.23 bits per heavy atom. The minimum Gasteiger partial charge on any atom is -0.371 e. The first kappa shape index (κ1) is 21.7. The van der Waals surface area contributed by atoms with Gasteiger partial charge in [0.2, 0.25) is 5.91 Å². The van der Waals surface area contributed by atoms with Crippen molar-refractivity contribution in [3.8, 4) is 0 Å². The quantitative estimate of drug-likeness (QED) is 0.675. The van der Waals surface area contributed by atoms with E-state index in [1.165, 1.54) is 23.3 Å². The van der Waals surface area contributed by atoms with Crippen molar-refractivity contribution in [2.24, 2.45) is 0 Å². The molecule has 1 aliphatic carbocycles. The zero-order valence-electron chi connectivity index (χ0n) is 18.3. The Morgan fingerprint density at radius 3 is 2.71 bits per heavy atom. The van der Waals surface area contributed by atoms with Gasteiger partial charge in [-0.25, -0.2) is 0 Å². The van der Waals surface area contributed by atoms with Gasteiger partial charge in [-0.15, -0.1) is 0 Å². The Hall–Kier alpha value is -2.50. The van der Waals surface area contributed by atoms with Crippen LogP contribution in [0.3, 0.4) is 0 Å². The fourth-order valence-corrected chi connectivity index (χ4v) is 4.96. The van der Waals surface area contributed by atoms with Gasteiger partial charge in [0.25, 0.3) is 0 Å². The molecule has 2 aliphatic rings. The van der Waals surface area contributed by atoms with Crippen LogP contribution in [0.2, 0.25) is 0 Å². The topological polar surface area (TPSA) is 32.3 Å². The zero-order chi connectivity index (χ0) is 22.4. The molecule has 0 radical (unpaired) electrons. The van der Waals surface area contributed by atoms with Crippen LogP contribution in [0.4, 0.5) is 18.9 Å². The lowest BCUT2D eigenvalue weighted by Gasteiger charge is -2.28. The average Bonchev–Trinajstić information content (AvgIpc) is 3.31. The predicted molar refractivity (Wildman–Crippen MR) is 116 cm³/mol. The summed E-state index contributed by atoms with van der Waals surface area (Å²) >= 11 is 0. The Bertz CT molecular complexity index is 1000. The van der Waals surface area contributed by atoms with Gasteiger partial charge >= 0.3 is 6.18 Å². The summed E-state index contributed by atoms with van der Waals surface area (Å²) in [5, 5.41) is 3.09. The van der Waals surface area contributed by atoms with E-state index in [0.29, 0.717) is 18.5 Å². The summed E-state index contributed by atoms with van der Waals surface area (Å²) in [6.07, 6.45) is -1.22. The Labute approximate surface area is 181 Å². The van der Waals surface area contributed by atoms with E-state index in [4.69, 9.17) is 0 Å². The SMILES string of the molecule is CCC(=O)NC1CCc2cc(N3CCC(C)(c4cc(C)cc(C(F)(F)F)c4)C3)ccc21. The fourth-order valence-electron chi connectivity index (χ4n) is 4.96. The molecule has 0 spiro atoms. The molecule has 2 unspecified atom stereocenters. The van der Waals surface area contributed by atoms with Crippen LogP contribution in [0, 0.1) is 6.92 Å². The minimum atomic E-state index is -4.33. The first-order valence-electron chi connectivity index (χ1n) is 11.0. The van der Waals surface area contributed by atoms with Gasteiger partial charge in [0.1, 0.15) is 0 Å². The van der Waals surface area contributed by atoms with Gasteiger partial charge in [0.15, 0.2) is 0 Å². The molecule has 1 aliphatic heterocycles. The lowest BCUT2D eigenvalue weighted by atomic mass is 9.80. The van der Waals surface area contributed by atoms with Crippen LogP contribution in [-0.2, 0) is 22.8 Å². The average molecular weight is 431 g/mol. The summed E-state index contributed by atoms with van der Waals surface area (Å²) in [5.41, 5.74) is 4.04. The number of benzene rings is 2. The number of aryl methyl sites for hydroxylation is 2. The first-order valence-corrected chi connectivity index (χ1v) is 11.0. The molecule has 1 heterocycles. The minimum absolute atomic E-state index is 0.0635. The van der Waals surface area contributed by atoms with Gasteiger partial charge in [-0.05, 0) is 67.1 Å². The van der Waals surface area contributed by atoms with Gasteiger partial charge < -0.3 is 10.2 Å². The third-order valence-electron chi connectivity index (χ3n) is 6.80. The van der Waals surface area contributed by atoms with Gasteiger partial charge in [0, 0.05) is 30.6 Å². The van der Waals surface area contributed by atoms with E-state index in [0.717, 1.165) is 37.1 Å². The summed E-state index contributed by atoms with van der Waals surface area (Å²) < 4.78 is 40.0. The molecule has 1 fully saturated rings. The van der Waals surface area contributed by atoms with Crippen LogP contribution in [0.15, 0.2) is 36.4 Å². The third-order valence-corrected chi connectivity index (χ3v) is 6.80. The van der Waals surface area contributed by atoms with Crippen LogP contribution in [0.25, 0.3) is 0 Å². The largest absolute Gasteiger partial charge is 0.416 e. The molecule has 31 heavy (non-hydrogen) atoms. The standard InChI is InChI=1S/C25H29F3N2O/c1-4-23(31)29-22-8-5-17-13-20(6-7-21(17)22)30-10-9-24(3,15-30)18-11-16(2)12-19(14-18)25(26,27)28/h6-7,11-14,22H,4-5,8-10,15H2,1-3H3,(H,29,31). The van der Waals surface area contributed by atoms with Crippen molar-refractivity contribution in [1.29, 1.82) is 0 Å². The summed E-state index contributed by atoms with van der Waals surface area (Å²) in [6, 6.07) is 10.9. The highest BCUT2D eigenvalue weighted by molar-refractivity contribution is 5.76. The molecule has 2 aromatic carbocycles. The summed E-state index contributed by atoms with van der Waals surface area (Å²) in [4.78, 5) is 14.1. The van der Waals surface area contributed by atoms with Crippen LogP contribution < -0.4 is 10.2 Å². The van der Waals surface area contributed by atoms with Crippen molar-refractivity contribution in [2.45, 2.75) is 64.1 Å². The van der Waals surface area contributed by atoms with Gasteiger partial charge in [-0.3, -0.25) is 4.79 Å². The lowest BCUT2D eigenvalue weighted by molar-refractivity contribution is -0.137. The maximum Gasteiger partial charge on any atom is 0.416 e. The molecular formula is C25H29F3N2O. The molecule has 4 rings (SSSR count). The highest BCUT2D eigenvalue weighted by Crippen LogP contribution is 2.41. The first-order chi connectivity index (χ1) is 14.6. The van der Waals surface area contributed by atoms with E-state index in [2.05, 4.69) is 35.3 Å². The molecule has 166 valence electrons. The molecule has 0 aromatic heterocycles. The van der Waals surface area contributed by atoms with Crippen LogP contribution >= 0.6 is 0 Å². The number of alkyl halides is 3. The number of amides is 1. The number of halogens is 3. The number of carbonyl (C=O) groups is 1. The van der Waals surface area contributed by atoms with Crippen molar-refractivity contribution in [1.82, 2.24) is 5.32 Å². The smallest absolute Gasteiger partial charge is 0.371 e. The number of nitrogens with one attached hydrogen (secondary N) is 1.